The summed E-state index contributed by atoms with van der Waals surface area (Å²) in [5.41, 5.74) is 0.947. The molecule has 2 saturated heterocycles. The van der Waals surface area contributed by atoms with Gasteiger partial charge in [-0.3, -0.25) is 4.79 Å². The molecular formula is C16H21FN2O2. The quantitative estimate of drug-likeness (QED) is 0.914. The van der Waals surface area contributed by atoms with Crippen LogP contribution in [0.4, 0.5) is 4.39 Å². The largest absolute Gasteiger partial charge is 0.366 e. The van der Waals surface area contributed by atoms with Crippen LogP contribution in [0, 0.1) is 5.82 Å². The van der Waals surface area contributed by atoms with Gasteiger partial charge in [-0.05, 0) is 37.0 Å². The van der Waals surface area contributed by atoms with E-state index < -0.39 is 0 Å². The topological polar surface area (TPSA) is 41.6 Å². The highest BCUT2D eigenvalue weighted by Gasteiger charge is 2.34. The fourth-order valence-corrected chi connectivity index (χ4v) is 3.18. The van der Waals surface area contributed by atoms with E-state index in [1.54, 1.807) is 12.1 Å². The second-order valence-electron chi connectivity index (χ2n) is 5.73. The van der Waals surface area contributed by atoms with Gasteiger partial charge in [-0.15, -0.1) is 0 Å². The summed E-state index contributed by atoms with van der Waals surface area (Å²) in [5.74, 6) is -0.149. The van der Waals surface area contributed by atoms with E-state index >= 15 is 0 Å². The van der Waals surface area contributed by atoms with E-state index in [0.29, 0.717) is 19.6 Å². The summed E-state index contributed by atoms with van der Waals surface area (Å²) in [7, 11) is 0. The van der Waals surface area contributed by atoms with Crippen molar-refractivity contribution in [3.8, 4) is 0 Å². The smallest absolute Gasteiger partial charge is 0.253 e. The van der Waals surface area contributed by atoms with Gasteiger partial charge in [0, 0.05) is 25.7 Å². The van der Waals surface area contributed by atoms with E-state index in [0.717, 1.165) is 31.5 Å². The van der Waals surface area contributed by atoms with Crippen LogP contribution >= 0.6 is 0 Å². The molecule has 1 amide bonds. The molecule has 21 heavy (non-hydrogen) atoms. The molecule has 1 aromatic rings. The number of benzene rings is 1. The third-order valence-corrected chi connectivity index (χ3v) is 4.22. The minimum absolute atomic E-state index is 0.0705. The lowest BCUT2D eigenvalue weighted by Crippen LogP contribution is -2.51. The van der Waals surface area contributed by atoms with Crippen molar-refractivity contribution in [2.75, 3.05) is 26.2 Å². The normalized spacial score (nSPS) is 26.0. The van der Waals surface area contributed by atoms with Crippen molar-refractivity contribution in [2.45, 2.75) is 31.4 Å². The number of carbonyl (C=O) groups is 1. The third kappa shape index (κ3) is 3.41. The summed E-state index contributed by atoms with van der Waals surface area (Å²) in [6.45, 7) is 2.75. The Morgan fingerprint density at radius 2 is 2.38 bits per heavy atom. The van der Waals surface area contributed by atoms with Gasteiger partial charge in [-0.2, -0.15) is 0 Å². The van der Waals surface area contributed by atoms with Gasteiger partial charge >= 0.3 is 0 Å². The summed E-state index contributed by atoms with van der Waals surface area (Å²) in [6.07, 6.45) is 2.32. The number of ether oxygens (including phenoxy) is 1. The van der Waals surface area contributed by atoms with Gasteiger partial charge in [0.05, 0.1) is 6.61 Å². The second kappa shape index (κ2) is 6.54. The van der Waals surface area contributed by atoms with Crippen molar-refractivity contribution >= 4 is 5.91 Å². The number of halogens is 1. The van der Waals surface area contributed by atoms with E-state index in [9.17, 15) is 9.18 Å². The van der Waals surface area contributed by atoms with Crippen LogP contribution in [0.3, 0.4) is 0 Å². The average Bonchev–Trinajstić information content (AvgIpc) is 2.95. The standard InChI is InChI=1S/C16H21FN2O2/c17-13-4-1-3-12(9-13)10-14-5-2-7-19(14)16(20)15-11-18-6-8-21-15/h1,3-4,9,14-15,18H,2,5-8,10-11H2. The van der Waals surface area contributed by atoms with Crippen LogP contribution in [0.15, 0.2) is 24.3 Å². The molecule has 2 aliphatic heterocycles. The molecule has 0 spiro atoms. The molecule has 2 heterocycles. The molecule has 2 unspecified atom stereocenters. The first-order chi connectivity index (χ1) is 10.2. The van der Waals surface area contributed by atoms with Gasteiger partial charge in [0.15, 0.2) is 0 Å². The first-order valence-corrected chi connectivity index (χ1v) is 7.61. The molecule has 0 radical (unpaired) electrons. The monoisotopic (exact) mass is 292 g/mol. The molecule has 2 atom stereocenters. The lowest BCUT2D eigenvalue weighted by Gasteiger charge is -2.31. The molecule has 0 aromatic heterocycles. The van der Waals surface area contributed by atoms with E-state index in [1.165, 1.54) is 6.07 Å². The maximum absolute atomic E-state index is 13.3. The van der Waals surface area contributed by atoms with Gasteiger partial charge in [0.1, 0.15) is 11.9 Å². The van der Waals surface area contributed by atoms with Gasteiger partial charge in [-0.1, -0.05) is 12.1 Å². The lowest BCUT2D eigenvalue weighted by atomic mass is 10.0. The molecule has 0 aliphatic carbocycles. The Kier molecular flexibility index (Phi) is 4.51. The molecule has 2 aliphatic rings. The summed E-state index contributed by atoms with van der Waals surface area (Å²) in [5, 5.41) is 3.19. The zero-order valence-corrected chi connectivity index (χ0v) is 12.1. The fraction of sp³-hybridized carbons (Fsp3) is 0.562. The fourth-order valence-electron chi connectivity index (χ4n) is 3.18. The van der Waals surface area contributed by atoms with Crippen molar-refractivity contribution in [1.82, 2.24) is 10.2 Å². The van der Waals surface area contributed by atoms with E-state index in [4.69, 9.17) is 4.74 Å². The number of likely N-dealkylation sites (tertiary alicyclic amines) is 1. The molecule has 114 valence electrons. The van der Waals surface area contributed by atoms with Crippen LogP contribution in [0.5, 0.6) is 0 Å². The number of morpholine rings is 1. The van der Waals surface area contributed by atoms with Crippen molar-refractivity contribution in [3.63, 3.8) is 0 Å². The average molecular weight is 292 g/mol. The Morgan fingerprint density at radius 3 is 3.14 bits per heavy atom. The van der Waals surface area contributed by atoms with Crippen LogP contribution in [0.1, 0.15) is 18.4 Å². The Bertz CT molecular complexity index is 503. The molecule has 5 heteroatoms. The molecule has 3 rings (SSSR count). The molecular weight excluding hydrogens is 271 g/mol. The van der Waals surface area contributed by atoms with Gasteiger partial charge in [-0.25, -0.2) is 4.39 Å². The second-order valence-corrected chi connectivity index (χ2v) is 5.73. The Hall–Kier alpha value is -1.46. The van der Waals surface area contributed by atoms with E-state index in [-0.39, 0.29) is 23.9 Å². The van der Waals surface area contributed by atoms with Gasteiger partial charge in [0.25, 0.3) is 5.91 Å². The minimum atomic E-state index is -0.369. The zero-order valence-electron chi connectivity index (χ0n) is 12.1. The summed E-state index contributed by atoms with van der Waals surface area (Å²) in [6, 6.07) is 6.80. The number of amides is 1. The van der Waals surface area contributed by atoms with Crippen LogP contribution in [0.25, 0.3) is 0 Å². The van der Waals surface area contributed by atoms with Crippen molar-refractivity contribution in [2.24, 2.45) is 0 Å². The molecule has 1 N–H and O–H groups in total. The molecule has 4 nitrogen and oxygen atoms in total. The van der Waals surface area contributed by atoms with Crippen LogP contribution in [0.2, 0.25) is 0 Å². The van der Waals surface area contributed by atoms with Crippen molar-refractivity contribution in [3.05, 3.63) is 35.6 Å². The predicted molar refractivity (Wildman–Crippen MR) is 77.4 cm³/mol. The summed E-state index contributed by atoms with van der Waals surface area (Å²) < 4.78 is 18.8. The van der Waals surface area contributed by atoms with E-state index in [1.807, 2.05) is 11.0 Å². The number of carbonyl (C=O) groups excluding carboxylic acids is 1. The Morgan fingerprint density at radius 1 is 1.48 bits per heavy atom. The van der Waals surface area contributed by atoms with Gasteiger partial charge < -0.3 is 15.0 Å². The Balaban J connectivity index is 1.66. The molecule has 0 bridgehead atoms. The van der Waals surface area contributed by atoms with E-state index in [2.05, 4.69) is 5.32 Å². The first kappa shape index (κ1) is 14.5. The number of nitrogens with one attached hydrogen (secondary N) is 1. The first-order valence-electron chi connectivity index (χ1n) is 7.61. The third-order valence-electron chi connectivity index (χ3n) is 4.22. The van der Waals surface area contributed by atoms with Crippen LogP contribution in [-0.2, 0) is 16.0 Å². The number of nitrogens with zero attached hydrogens (tertiary/aromatic N) is 1. The highest BCUT2D eigenvalue weighted by Crippen LogP contribution is 2.23. The van der Waals surface area contributed by atoms with Crippen LogP contribution < -0.4 is 5.32 Å². The zero-order chi connectivity index (χ0) is 14.7. The van der Waals surface area contributed by atoms with Crippen molar-refractivity contribution < 1.29 is 13.9 Å². The van der Waals surface area contributed by atoms with Gasteiger partial charge in [0.2, 0.25) is 0 Å². The van der Waals surface area contributed by atoms with Crippen molar-refractivity contribution in [1.29, 1.82) is 0 Å². The molecule has 0 saturated carbocycles. The van der Waals surface area contributed by atoms with Crippen LogP contribution in [-0.4, -0.2) is 49.2 Å². The highest BCUT2D eigenvalue weighted by atomic mass is 19.1. The molecule has 1 aromatic carbocycles. The summed E-state index contributed by atoms with van der Waals surface area (Å²) in [4.78, 5) is 14.5. The SMILES string of the molecule is O=C(C1CNCCO1)N1CCCC1Cc1cccc(F)c1. The minimum Gasteiger partial charge on any atom is -0.366 e. The number of hydrogen-bond donors (Lipinski definition) is 1. The Labute approximate surface area is 124 Å². The maximum atomic E-state index is 13.3. The number of hydrogen-bond acceptors (Lipinski definition) is 3. The highest BCUT2D eigenvalue weighted by molar-refractivity contribution is 5.82. The lowest BCUT2D eigenvalue weighted by molar-refractivity contribution is -0.146. The predicted octanol–water partition coefficient (Wildman–Crippen LogP) is 1.35. The summed E-state index contributed by atoms with van der Waals surface area (Å²) >= 11 is 0. The number of rotatable bonds is 3. The maximum Gasteiger partial charge on any atom is 0.253 e. The molecule has 2 fully saturated rings.